The maximum Gasteiger partial charge on any atom is 0.416 e. The van der Waals surface area contributed by atoms with Gasteiger partial charge in [0.1, 0.15) is 5.60 Å². The highest BCUT2D eigenvalue weighted by atomic mass is 79.9. The zero-order valence-corrected chi connectivity index (χ0v) is 24.3. The van der Waals surface area contributed by atoms with Gasteiger partial charge < -0.3 is 28.8 Å². The number of rotatable bonds is 7. The molecule has 0 aliphatic carbocycles. The maximum atomic E-state index is 13.3. The van der Waals surface area contributed by atoms with Gasteiger partial charge in [0.05, 0.1) is 37.6 Å². The van der Waals surface area contributed by atoms with Gasteiger partial charge in [-0.1, -0.05) is 34.1 Å². The average Bonchev–Trinajstić information content (AvgIpc) is 2.94. The number of hydrogen-bond acceptors (Lipinski definition) is 6. The minimum Gasteiger partial charge on any atom is -0.380 e. The van der Waals surface area contributed by atoms with Gasteiger partial charge in [-0.3, -0.25) is 0 Å². The quantitative estimate of drug-likeness (QED) is 0.308. The smallest absolute Gasteiger partial charge is 0.380 e. The molecule has 1 N–H and O–H groups in total. The lowest BCUT2D eigenvalue weighted by atomic mass is 9.89. The molecule has 3 heterocycles. The fraction of sp³-hybridized carbons (Fsp3) is 0.586. The van der Waals surface area contributed by atoms with Crippen LogP contribution in [0, 0.1) is 0 Å². The molecule has 234 valence electrons. The highest BCUT2D eigenvalue weighted by molar-refractivity contribution is 9.10. The van der Waals surface area contributed by atoms with Crippen LogP contribution in [0.5, 0.6) is 0 Å². The Labute approximate surface area is 248 Å². The summed E-state index contributed by atoms with van der Waals surface area (Å²) in [5, 5.41) is 10.2. The summed E-state index contributed by atoms with van der Waals surface area (Å²) in [7, 11) is 0. The molecule has 0 spiro atoms. The van der Waals surface area contributed by atoms with E-state index in [4.69, 9.17) is 23.7 Å². The van der Waals surface area contributed by atoms with Crippen LogP contribution in [0.3, 0.4) is 0 Å². The molecule has 13 heteroatoms. The molecular weight excluding hydrogens is 638 g/mol. The summed E-state index contributed by atoms with van der Waals surface area (Å²) >= 11 is 3.05. The van der Waals surface area contributed by atoms with Gasteiger partial charge in [0.2, 0.25) is 0 Å². The third-order valence-corrected chi connectivity index (χ3v) is 7.63. The molecule has 0 aromatic heterocycles. The van der Waals surface area contributed by atoms with E-state index in [-0.39, 0.29) is 43.1 Å². The molecule has 3 fully saturated rings. The Hall–Kier alpha value is -1.74. The van der Waals surface area contributed by atoms with Crippen LogP contribution in [-0.4, -0.2) is 44.1 Å². The van der Waals surface area contributed by atoms with Crippen molar-refractivity contribution < 1.29 is 55.1 Å². The van der Waals surface area contributed by atoms with Gasteiger partial charge in [-0.25, -0.2) is 0 Å². The zero-order valence-electron chi connectivity index (χ0n) is 22.7. The fourth-order valence-electron chi connectivity index (χ4n) is 4.71. The fourth-order valence-corrected chi connectivity index (χ4v) is 5.07. The van der Waals surface area contributed by atoms with Crippen LogP contribution < -0.4 is 0 Å². The third kappa shape index (κ3) is 9.13. The van der Waals surface area contributed by atoms with Crippen molar-refractivity contribution in [2.24, 2.45) is 0 Å². The molecule has 0 bridgehead atoms. The molecule has 42 heavy (non-hydrogen) atoms. The summed E-state index contributed by atoms with van der Waals surface area (Å²) in [4.78, 5) is 0. The van der Waals surface area contributed by atoms with Gasteiger partial charge in [-0.15, -0.1) is 0 Å². The van der Waals surface area contributed by atoms with Crippen LogP contribution in [0.1, 0.15) is 66.3 Å². The highest BCUT2D eigenvalue weighted by Gasteiger charge is 2.41. The van der Waals surface area contributed by atoms with Crippen LogP contribution in [-0.2, 0) is 54.9 Å². The van der Waals surface area contributed by atoms with Crippen LogP contribution >= 0.6 is 15.9 Å². The number of aliphatic hydroxyl groups is 1. The van der Waals surface area contributed by atoms with Crippen molar-refractivity contribution >= 4 is 15.9 Å². The van der Waals surface area contributed by atoms with Crippen molar-refractivity contribution in [3.05, 3.63) is 68.7 Å². The largest absolute Gasteiger partial charge is 0.416 e. The third-order valence-electron chi connectivity index (χ3n) is 7.14. The summed E-state index contributed by atoms with van der Waals surface area (Å²) < 4.78 is 105. The first kappa shape index (κ1) is 33.2. The van der Waals surface area contributed by atoms with E-state index in [9.17, 15) is 31.4 Å². The molecule has 0 radical (unpaired) electrons. The highest BCUT2D eigenvalue weighted by Crippen LogP contribution is 2.38. The van der Waals surface area contributed by atoms with Crippen LogP contribution in [0.15, 0.2) is 40.9 Å². The molecule has 3 saturated heterocycles. The normalized spacial score (nSPS) is 22.6. The SMILES string of the molecule is FC(F)(F)c1cc(Br)ccc1COC1CCCCO1.OC1(c2ccc(COC3CCCCO3)c(C(F)(F)F)c2)COC1. The minimum absolute atomic E-state index is 0.00998. The van der Waals surface area contributed by atoms with E-state index in [0.717, 1.165) is 44.2 Å². The van der Waals surface area contributed by atoms with E-state index >= 15 is 0 Å². The van der Waals surface area contributed by atoms with E-state index in [1.54, 1.807) is 6.07 Å². The van der Waals surface area contributed by atoms with Crippen LogP contribution in [0.2, 0.25) is 0 Å². The summed E-state index contributed by atoms with van der Waals surface area (Å²) in [6, 6.07) is 7.92. The molecule has 2 aromatic carbocycles. The Morgan fingerprint density at radius 2 is 1.26 bits per heavy atom. The molecular formula is C29H33BrF6O6. The number of benzene rings is 2. The molecule has 6 nitrogen and oxygen atoms in total. The lowest BCUT2D eigenvalue weighted by Gasteiger charge is -2.37. The summed E-state index contributed by atoms with van der Waals surface area (Å²) in [5.74, 6) is 0. The van der Waals surface area contributed by atoms with Gasteiger partial charge in [0.15, 0.2) is 12.6 Å². The molecule has 2 atom stereocenters. The number of hydrogen-bond donors (Lipinski definition) is 1. The summed E-state index contributed by atoms with van der Waals surface area (Å²) in [6.45, 7) is 0.938. The van der Waals surface area contributed by atoms with Crippen molar-refractivity contribution in [3.8, 4) is 0 Å². The van der Waals surface area contributed by atoms with Gasteiger partial charge in [0.25, 0.3) is 0 Å². The van der Waals surface area contributed by atoms with Crippen molar-refractivity contribution in [3.63, 3.8) is 0 Å². The van der Waals surface area contributed by atoms with Crippen molar-refractivity contribution in [1.82, 2.24) is 0 Å². The van der Waals surface area contributed by atoms with Crippen LogP contribution in [0.25, 0.3) is 0 Å². The number of halogens is 7. The second kappa shape index (κ2) is 14.4. The summed E-state index contributed by atoms with van der Waals surface area (Å²) in [5.41, 5.74) is -2.40. The maximum absolute atomic E-state index is 13.3. The first-order valence-corrected chi connectivity index (χ1v) is 14.5. The zero-order chi connectivity index (χ0) is 30.4. The average molecular weight is 671 g/mol. The van der Waals surface area contributed by atoms with E-state index in [2.05, 4.69) is 15.9 Å². The molecule has 0 saturated carbocycles. The molecule has 3 aliphatic heterocycles. The molecule has 3 aliphatic rings. The first-order valence-electron chi connectivity index (χ1n) is 13.7. The second-order valence-electron chi connectivity index (χ2n) is 10.4. The molecule has 5 rings (SSSR count). The number of alkyl halides is 6. The topological polar surface area (TPSA) is 66.4 Å². The Morgan fingerprint density at radius 1 is 0.762 bits per heavy atom. The molecule has 0 amide bonds. The predicted molar refractivity (Wildman–Crippen MR) is 142 cm³/mol. The van der Waals surface area contributed by atoms with Crippen molar-refractivity contribution in [1.29, 1.82) is 0 Å². The Morgan fingerprint density at radius 3 is 1.69 bits per heavy atom. The van der Waals surface area contributed by atoms with Crippen LogP contribution in [0.4, 0.5) is 26.3 Å². The van der Waals surface area contributed by atoms with Gasteiger partial charge in [0, 0.05) is 17.7 Å². The first-order chi connectivity index (χ1) is 19.8. The Bertz CT molecular complexity index is 1160. The van der Waals surface area contributed by atoms with Gasteiger partial charge in [-0.05, 0) is 73.4 Å². The lowest BCUT2D eigenvalue weighted by molar-refractivity contribution is -0.185. The predicted octanol–water partition coefficient (Wildman–Crippen LogP) is 7.48. The van der Waals surface area contributed by atoms with Gasteiger partial charge in [-0.2, -0.15) is 26.3 Å². The lowest BCUT2D eigenvalue weighted by Crippen LogP contribution is -2.46. The van der Waals surface area contributed by atoms with Crippen molar-refractivity contribution in [2.75, 3.05) is 26.4 Å². The van der Waals surface area contributed by atoms with Crippen molar-refractivity contribution in [2.45, 2.75) is 82.3 Å². The Balaban J connectivity index is 0.000000197. The molecule has 2 aromatic rings. The standard InChI is InChI=1S/C16H19F3O4.C13H14BrF3O2/c17-16(18,19)13-7-12(15(20)9-21-10-15)5-4-11(13)8-23-14-3-1-2-6-22-14;14-10-5-4-9(11(7-10)13(15,16)17)8-19-12-3-1-2-6-18-12/h4-5,7,14,20H,1-3,6,8-10H2;4-5,7,12H,1-3,6,8H2. The number of ether oxygens (including phenoxy) is 5. The van der Waals surface area contributed by atoms with E-state index in [0.29, 0.717) is 24.1 Å². The van der Waals surface area contributed by atoms with E-state index in [1.165, 1.54) is 18.2 Å². The monoisotopic (exact) mass is 670 g/mol. The summed E-state index contributed by atoms with van der Waals surface area (Å²) in [6.07, 6.45) is -4.45. The molecule has 2 unspecified atom stereocenters. The van der Waals surface area contributed by atoms with E-state index < -0.39 is 41.7 Å². The van der Waals surface area contributed by atoms with E-state index in [1.807, 2.05) is 0 Å². The minimum atomic E-state index is -4.51. The second-order valence-corrected chi connectivity index (χ2v) is 11.3. The Kier molecular flexibility index (Phi) is 11.3. The van der Waals surface area contributed by atoms with Gasteiger partial charge >= 0.3 is 12.4 Å².